The molecule has 1 rings (SSSR count). The molecule has 136 valence electrons. The first-order valence-corrected chi connectivity index (χ1v) is 11.8. The van der Waals surface area contributed by atoms with E-state index in [1.807, 2.05) is 13.8 Å². The predicted molar refractivity (Wildman–Crippen MR) is 100 cm³/mol. The molecule has 1 fully saturated rings. The maximum Gasteiger partial charge on any atom is 0.192 e. The van der Waals surface area contributed by atoms with Gasteiger partial charge in [-0.2, -0.15) is 0 Å². The Kier molecular flexibility index (Phi) is 6.34. The zero-order chi connectivity index (χ0) is 18.2. The number of allylic oxidation sites excluding steroid dienone is 1. The van der Waals surface area contributed by atoms with E-state index in [9.17, 15) is 0 Å². The fourth-order valence-corrected chi connectivity index (χ4v) is 4.25. The molecule has 0 unspecified atom stereocenters. The minimum absolute atomic E-state index is 0.0356. The molecule has 1 aliphatic rings. The Morgan fingerprint density at radius 3 is 2.13 bits per heavy atom. The van der Waals surface area contributed by atoms with E-state index in [0.717, 1.165) is 0 Å². The molecule has 0 radical (unpaired) electrons. The fraction of sp³-hybridized carbons (Fsp3) is 0.895. The van der Waals surface area contributed by atoms with E-state index >= 15 is 0 Å². The second-order valence-electron chi connectivity index (χ2n) is 9.25. The summed E-state index contributed by atoms with van der Waals surface area (Å²) in [5.41, 5.74) is 1.27. The Morgan fingerprint density at radius 2 is 1.70 bits per heavy atom. The van der Waals surface area contributed by atoms with Gasteiger partial charge in [0.15, 0.2) is 14.1 Å². The number of ether oxygens (including phenoxy) is 2. The highest BCUT2D eigenvalue weighted by Crippen LogP contribution is 2.40. The number of hydrogen-bond donors (Lipinski definition) is 0. The van der Waals surface area contributed by atoms with Crippen LogP contribution in [0, 0.1) is 5.92 Å². The van der Waals surface area contributed by atoms with Gasteiger partial charge >= 0.3 is 0 Å². The van der Waals surface area contributed by atoms with Crippen LogP contribution in [0.4, 0.5) is 0 Å². The highest BCUT2D eigenvalue weighted by atomic mass is 28.4. The first-order chi connectivity index (χ1) is 10.2. The van der Waals surface area contributed by atoms with Gasteiger partial charge in [0.05, 0.1) is 18.3 Å². The van der Waals surface area contributed by atoms with E-state index in [4.69, 9.17) is 13.9 Å². The molecule has 0 saturated carbocycles. The summed E-state index contributed by atoms with van der Waals surface area (Å²) in [6.45, 7) is 24.0. The van der Waals surface area contributed by atoms with Crippen molar-refractivity contribution in [2.24, 2.45) is 5.92 Å². The molecule has 4 atom stereocenters. The van der Waals surface area contributed by atoms with Crippen molar-refractivity contribution >= 4 is 8.32 Å². The summed E-state index contributed by atoms with van der Waals surface area (Å²) in [5.74, 6) is -0.323. The third-order valence-corrected chi connectivity index (χ3v) is 9.70. The summed E-state index contributed by atoms with van der Waals surface area (Å²) in [7, 11) is -1.82. The van der Waals surface area contributed by atoms with Crippen molar-refractivity contribution in [3.05, 3.63) is 11.6 Å². The van der Waals surface area contributed by atoms with E-state index < -0.39 is 14.1 Å². The van der Waals surface area contributed by atoms with Gasteiger partial charge in [-0.3, -0.25) is 0 Å². The molecule has 0 bridgehead atoms. The largest absolute Gasteiger partial charge is 0.412 e. The second kappa shape index (κ2) is 6.99. The molecule has 1 aliphatic heterocycles. The Labute approximate surface area is 144 Å². The van der Waals surface area contributed by atoms with Gasteiger partial charge < -0.3 is 13.9 Å². The second-order valence-corrected chi connectivity index (χ2v) is 14.0. The number of rotatable bonds is 4. The smallest absolute Gasteiger partial charge is 0.192 e. The monoisotopic (exact) mass is 342 g/mol. The van der Waals surface area contributed by atoms with Gasteiger partial charge in [0, 0.05) is 5.92 Å². The first kappa shape index (κ1) is 20.9. The lowest BCUT2D eigenvalue weighted by atomic mass is 9.91. The predicted octanol–water partition coefficient (Wildman–Crippen LogP) is 5.52. The van der Waals surface area contributed by atoms with E-state index in [1.54, 1.807) is 0 Å². The van der Waals surface area contributed by atoms with Crippen LogP contribution in [-0.2, 0) is 13.9 Å². The zero-order valence-electron chi connectivity index (χ0n) is 17.1. The number of hydrogen-bond acceptors (Lipinski definition) is 3. The van der Waals surface area contributed by atoms with Crippen molar-refractivity contribution in [1.82, 2.24) is 0 Å². The topological polar surface area (TPSA) is 27.7 Å². The molecule has 0 aliphatic carbocycles. The van der Waals surface area contributed by atoms with Gasteiger partial charge in [-0.1, -0.05) is 39.3 Å². The molecule has 1 heterocycles. The molecule has 1 saturated heterocycles. The quantitative estimate of drug-likeness (QED) is 0.497. The third-order valence-electron chi connectivity index (χ3n) is 5.12. The van der Waals surface area contributed by atoms with Crippen LogP contribution in [0.3, 0.4) is 0 Å². The first-order valence-electron chi connectivity index (χ1n) is 8.85. The van der Waals surface area contributed by atoms with Crippen LogP contribution >= 0.6 is 0 Å². The van der Waals surface area contributed by atoms with Gasteiger partial charge in [0.2, 0.25) is 0 Å². The summed E-state index contributed by atoms with van der Waals surface area (Å²) in [4.78, 5) is 0. The molecular weight excluding hydrogens is 304 g/mol. The van der Waals surface area contributed by atoms with Crippen molar-refractivity contribution in [3.63, 3.8) is 0 Å². The fourth-order valence-electron chi connectivity index (χ4n) is 2.83. The van der Waals surface area contributed by atoms with Crippen molar-refractivity contribution in [3.8, 4) is 0 Å². The molecule has 3 nitrogen and oxygen atoms in total. The maximum atomic E-state index is 6.60. The molecule has 0 amide bonds. The lowest BCUT2D eigenvalue weighted by Gasteiger charge is -2.48. The summed E-state index contributed by atoms with van der Waals surface area (Å²) >= 11 is 0. The van der Waals surface area contributed by atoms with Crippen molar-refractivity contribution in [1.29, 1.82) is 0 Å². The molecule has 0 aromatic rings. The van der Waals surface area contributed by atoms with Crippen LogP contribution in [0.1, 0.15) is 62.3 Å². The highest BCUT2D eigenvalue weighted by Gasteiger charge is 2.46. The van der Waals surface area contributed by atoms with Gasteiger partial charge in [0.25, 0.3) is 0 Å². The average molecular weight is 343 g/mol. The van der Waals surface area contributed by atoms with Crippen LogP contribution in [-0.4, -0.2) is 32.4 Å². The van der Waals surface area contributed by atoms with Gasteiger partial charge in [-0.05, 0) is 52.8 Å². The standard InChI is InChI=1S/C19H38O3Si/c1-13(2)12-16-14(3)17(21-19(8,9)20-16)15(4)22-23(10,11)18(5,6)7/h12,14-17H,1-11H3/t14-,15+,16+,17+/m1/s1. The maximum absolute atomic E-state index is 6.60. The molecule has 0 N–H and O–H groups in total. The molecule has 0 aromatic carbocycles. The van der Waals surface area contributed by atoms with Crippen LogP contribution in [0.5, 0.6) is 0 Å². The Morgan fingerprint density at radius 1 is 1.17 bits per heavy atom. The molecular formula is C19H38O3Si. The highest BCUT2D eigenvalue weighted by molar-refractivity contribution is 6.74. The van der Waals surface area contributed by atoms with E-state index in [2.05, 4.69) is 67.6 Å². The lowest BCUT2D eigenvalue weighted by Crippen LogP contribution is -2.56. The van der Waals surface area contributed by atoms with Crippen LogP contribution in [0.15, 0.2) is 11.6 Å². The van der Waals surface area contributed by atoms with E-state index in [-0.39, 0.29) is 29.3 Å². The average Bonchev–Trinajstić information content (AvgIpc) is 2.30. The lowest BCUT2D eigenvalue weighted by molar-refractivity contribution is -0.320. The zero-order valence-corrected chi connectivity index (χ0v) is 18.1. The van der Waals surface area contributed by atoms with Crippen molar-refractivity contribution < 1.29 is 13.9 Å². The Balaban J connectivity index is 2.98. The summed E-state index contributed by atoms with van der Waals surface area (Å²) in [6, 6.07) is 0. The third kappa shape index (κ3) is 5.41. The van der Waals surface area contributed by atoms with E-state index in [1.165, 1.54) is 5.57 Å². The van der Waals surface area contributed by atoms with Gasteiger partial charge in [-0.25, -0.2) is 0 Å². The SMILES string of the molecule is CC(C)=C[C@@H]1OC(C)(C)O[C@H]([C@H](C)O[Si](C)(C)C(C)(C)C)[C@@H]1C. The molecule has 0 aromatic heterocycles. The van der Waals surface area contributed by atoms with Crippen molar-refractivity contribution in [2.45, 2.75) is 105 Å². The molecule has 0 spiro atoms. The van der Waals surface area contributed by atoms with Crippen molar-refractivity contribution in [2.75, 3.05) is 0 Å². The van der Waals surface area contributed by atoms with Gasteiger partial charge in [0.1, 0.15) is 0 Å². The summed E-state index contributed by atoms with van der Waals surface area (Å²) in [6.07, 6.45) is 2.37. The Hall–Kier alpha value is -0.163. The summed E-state index contributed by atoms with van der Waals surface area (Å²) < 4.78 is 19.0. The normalized spacial score (nSPS) is 30.0. The summed E-state index contributed by atoms with van der Waals surface area (Å²) in [5, 5.41) is 0.199. The molecule has 4 heteroatoms. The van der Waals surface area contributed by atoms with E-state index in [0.29, 0.717) is 0 Å². The minimum atomic E-state index is -1.82. The Bertz CT molecular complexity index is 430. The van der Waals surface area contributed by atoms with Crippen LogP contribution in [0.2, 0.25) is 18.1 Å². The van der Waals surface area contributed by atoms with Gasteiger partial charge in [-0.15, -0.1) is 0 Å². The van der Waals surface area contributed by atoms with Crippen LogP contribution < -0.4 is 0 Å². The minimum Gasteiger partial charge on any atom is -0.412 e. The molecule has 23 heavy (non-hydrogen) atoms. The van der Waals surface area contributed by atoms with Crippen LogP contribution in [0.25, 0.3) is 0 Å².